The summed E-state index contributed by atoms with van der Waals surface area (Å²) in [6, 6.07) is 7.29. The lowest BCUT2D eigenvalue weighted by Gasteiger charge is -2.08. The maximum absolute atomic E-state index is 11.8. The molecule has 1 heterocycles. The molecule has 6 nitrogen and oxygen atoms in total. The molecule has 2 rings (SSSR count). The number of benzene rings is 1. The van der Waals surface area contributed by atoms with Crippen molar-refractivity contribution in [3.63, 3.8) is 0 Å². The summed E-state index contributed by atoms with van der Waals surface area (Å²) in [6.45, 7) is 2.56. The van der Waals surface area contributed by atoms with E-state index in [1.165, 1.54) is 6.20 Å². The lowest BCUT2D eigenvalue weighted by Crippen LogP contribution is -2.28. The van der Waals surface area contributed by atoms with Gasteiger partial charge < -0.3 is 14.8 Å². The summed E-state index contributed by atoms with van der Waals surface area (Å²) in [5, 5.41) is 2.72. The molecule has 1 aromatic heterocycles. The molecule has 0 saturated heterocycles. The molecule has 0 aliphatic heterocycles. The van der Waals surface area contributed by atoms with Gasteiger partial charge in [0.15, 0.2) is 0 Å². The number of nitrogens with one attached hydrogen (secondary N) is 1. The zero-order valence-corrected chi connectivity index (χ0v) is 12.0. The lowest BCUT2D eigenvalue weighted by atomic mass is 10.3. The number of ether oxygens (including phenoxy) is 2. The van der Waals surface area contributed by atoms with E-state index in [1.54, 1.807) is 19.4 Å². The van der Waals surface area contributed by atoms with E-state index in [9.17, 15) is 4.79 Å². The van der Waals surface area contributed by atoms with Gasteiger partial charge in [-0.25, -0.2) is 4.98 Å². The topological polar surface area (TPSA) is 73.3 Å². The largest absolute Gasteiger partial charge is 0.497 e. The Morgan fingerprint density at radius 1 is 1.24 bits per heavy atom. The maximum atomic E-state index is 11.8. The summed E-state index contributed by atoms with van der Waals surface area (Å²) in [6.07, 6.45) is 3.01. The molecule has 1 aromatic carbocycles. The van der Waals surface area contributed by atoms with Crippen molar-refractivity contribution in [3.8, 4) is 11.5 Å². The molecule has 6 heteroatoms. The summed E-state index contributed by atoms with van der Waals surface area (Å²) >= 11 is 0. The van der Waals surface area contributed by atoms with Crippen molar-refractivity contribution in [2.24, 2.45) is 0 Å². The number of methoxy groups -OCH3 is 1. The van der Waals surface area contributed by atoms with Crippen LogP contribution in [0.25, 0.3) is 0 Å². The summed E-state index contributed by atoms with van der Waals surface area (Å²) in [4.78, 5) is 19.8. The highest BCUT2D eigenvalue weighted by molar-refractivity contribution is 5.91. The molecular formula is C15H17N3O3. The van der Waals surface area contributed by atoms with Gasteiger partial charge in [-0.05, 0) is 19.1 Å². The van der Waals surface area contributed by atoms with Gasteiger partial charge >= 0.3 is 0 Å². The van der Waals surface area contributed by atoms with Gasteiger partial charge in [-0.2, -0.15) is 0 Å². The Labute approximate surface area is 123 Å². The van der Waals surface area contributed by atoms with Crippen molar-refractivity contribution < 1.29 is 14.3 Å². The fourth-order valence-corrected chi connectivity index (χ4v) is 1.62. The lowest BCUT2D eigenvalue weighted by molar-refractivity contribution is 0.0941. The Bertz CT molecular complexity index is 599. The standard InChI is InChI=1S/C15H17N3O3/c1-11-9-18-14(10-17-11)15(19)16-6-7-21-13-5-3-4-12(8-13)20-2/h3-5,8-10H,6-7H2,1-2H3,(H,16,19). The second-order valence-corrected chi connectivity index (χ2v) is 4.33. The molecule has 1 amide bonds. The number of carbonyl (C=O) groups is 1. The van der Waals surface area contributed by atoms with Gasteiger partial charge in [-0.15, -0.1) is 0 Å². The average Bonchev–Trinajstić information content (AvgIpc) is 2.52. The molecule has 21 heavy (non-hydrogen) atoms. The molecule has 0 aliphatic carbocycles. The Balaban J connectivity index is 1.76. The molecule has 0 fully saturated rings. The molecule has 0 bridgehead atoms. The molecule has 0 atom stereocenters. The fraction of sp³-hybridized carbons (Fsp3) is 0.267. The van der Waals surface area contributed by atoms with Crippen molar-refractivity contribution >= 4 is 5.91 Å². The van der Waals surface area contributed by atoms with Crippen LogP contribution in [0, 0.1) is 6.92 Å². The van der Waals surface area contributed by atoms with Gasteiger partial charge in [0, 0.05) is 12.3 Å². The van der Waals surface area contributed by atoms with Crippen LogP contribution in [0.1, 0.15) is 16.2 Å². The predicted octanol–water partition coefficient (Wildman–Crippen LogP) is 1.60. The van der Waals surface area contributed by atoms with Crippen LogP contribution >= 0.6 is 0 Å². The molecule has 0 unspecified atom stereocenters. The van der Waals surface area contributed by atoms with Gasteiger partial charge in [0.1, 0.15) is 23.8 Å². The first-order valence-corrected chi connectivity index (χ1v) is 6.53. The number of rotatable bonds is 6. The van der Waals surface area contributed by atoms with Crippen LogP contribution in [0.4, 0.5) is 0 Å². The van der Waals surface area contributed by atoms with Gasteiger partial charge in [-0.3, -0.25) is 9.78 Å². The van der Waals surface area contributed by atoms with Crippen LogP contribution in [0.15, 0.2) is 36.7 Å². The molecule has 2 aromatic rings. The molecule has 1 N–H and O–H groups in total. The number of nitrogens with zero attached hydrogens (tertiary/aromatic N) is 2. The number of hydrogen-bond acceptors (Lipinski definition) is 5. The summed E-state index contributed by atoms with van der Waals surface area (Å²) in [5.74, 6) is 1.15. The van der Waals surface area contributed by atoms with E-state index in [0.717, 1.165) is 11.4 Å². The minimum atomic E-state index is -0.267. The minimum Gasteiger partial charge on any atom is -0.497 e. The molecule has 0 spiro atoms. The highest BCUT2D eigenvalue weighted by Crippen LogP contribution is 2.18. The van der Waals surface area contributed by atoms with Gasteiger partial charge in [0.2, 0.25) is 0 Å². The summed E-state index contributed by atoms with van der Waals surface area (Å²) in [7, 11) is 1.60. The third-order valence-corrected chi connectivity index (χ3v) is 2.71. The van der Waals surface area contributed by atoms with Crippen LogP contribution in [-0.2, 0) is 0 Å². The number of hydrogen-bond donors (Lipinski definition) is 1. The molecule has 0 radical (unpaired) electrons. The number of carbonyl (C=O) groups excluding carboxylic acids is 1. The van der Waals surface area contributed by atoms with Crippen molar-refractivity contribution in [2.45, 2.75) is 6.92 Å². The maximum Gasteiger partial charge on any atom is 0.271 e. The first kappa shape index (κ1) is 14.8. The zero-order chi connectivity index (χ0) is 15.1. The first-order valence-electron chi connectivity index (χ1n) is 6.53. The Morgan fingerprint density at radius 3 is 2.76 bits per heavy atom. The van der Waals surface area contributed by atoms with Crippen LogP contribution < -0.4 is 14.8 Å². The quantitative estimate of drug-likeness (QED) is 0.817. The van der Waals surface area contributed by atoms with E-state index in [4.69, 9.17) is 9.47 Å². The third-order valence-electron chi connectivity index (χ3n) is 2.71. The van der Waals surface area contributed by atoms with E-state index in [-0.39, 0.29) is 5.91 Å². The predicted molar refractivity (Wildman–Crippen MR) is 77.6 cm³/mol. The number of aromatic nitrogens is 2. The highest BCUT2D eigenvalue weighted by atomic mass is 16.5. The van der Waals surface area contributed by atoms with Crippen LogP contribution in [0.3, 0.4) is 0 Å². The average molecular weight is 287 g/mol. The van der Waals surface area contributed by atoms with Crippen LogP contribution in [-0.4, -0.2) is 36.1 Å². The first-order chi connectivity index (χ1) is 10.2. The summed E-state index contributed by atoms with van der Waals surface area (Å²) in [5.41, 5.74) is 1.06. The number of amides is 1. The van der Waals surface area contributed by atoms with Crippen molar-refractivity contribution in [3.05, 3.63) is 48.0 Å². The molecule has 0 aliphatic rings. The van der Waals surface area contributed by atoms with Crippen molar-refractivity contribution in [1.82, 2.24) is 15.3 Å². The Hall–Kier alpha value is -2.63. The Morgan fingerprint density at radius 2 is 2.05 bits per heavy atom. The van der Waals surface area contributed by atoms with Crippen molar-refractivity contribution in [2.75, 3.05) is 20.3 Å². The molecular weight excluding hydrogens is 270 g/mol. The number of aryl methyl sites for hydroxylation is 1. The molecule has 0 saturated carbocycles. The normalized spacial score (nSPS) is 10.0. The van der Waals surface area contributed by atoms with Gasteiger partial charge in [0.05, 0.1) is 25.5 Å². The van der Waals surface area contributed by atoms with E-state index in [0.29, 0.717) is 24.6 Å². The van der Waals surface area contributed by atoms with E-state index in [1.807, 2.05) is 25.1 Å². The fourth-order valence-electron chi connectivity index (χ4n) is 1.62. The smallest absolute Gasteiger partial charge is 0.271 e. The van der Waals surface area contributed by atoms with E-state index < -0.39 is 0 Å². The second-order valence-electron chi connectivity index (χ2n) is 4.33. The third kappa shape index (κ3) is 4.45. The summed E-state index contributed by atoms with van der Waals surface area (Å²) < 4.78 is 10.6. The second kappa shape index (κ2) is 7.23. The highest BCUT2D eigenvalue weighted by Gasteiger charge is 2.06. The van der Waals surface area contributed by atoms with Gasteiger partial charge in [-0.1, -0.05) is 6.07 Å². The van der Waals surface area contributed by atoms with E-state index >= 15 is 0 Å². The Kier molecular flexibility index (Phi) is 5.09. The van der Waals surface area contributed by atoms with Crippen molar-refractivity contribution in [1.29, 1.82) is 0 Å². The SMILES string of the molecule is COc1cccc(OCCNC(=O)c2cnc(C)cn2)c1. The molecule has 110 valence electrons. The monoisotopic (exact) mass is 287 g/mol. The minimum absolute atomic E-state index is 0.267. The van der Waals surface area contributed by atoms with Crippen LogP contribution in [0.2, 0.25) is 0 Å². The van der Waals surface area contributed by atoms with Crippen LogP contribution in [0.5, 0.6) is 11.5 Å². The zero-order valence-electron chi connectivity index (χ0n) is 12.0. The van der Waals surface area contributed by atoms with E-state index in [2.05, 4.69) is 15.3 Å². The van der Waals surface area contributed by atoms with Gasteiger partial charge in [0.25, 0.3) is 5.91 Å².